The monoisotopic (exact) mass is 416 g/mol. The number of anilines is 1. The molecule has 4 aromatic rings. The Morgan fingerprint density at radius 2 is 1.94 bits per heavy atom. The molecule has 1 amide bonds. The fourth-order valence-corrected chi connectivity index (χ4v) is 5.16. The maximum atomic E-state index is 13.1. The van der Waals surface area contributed by atoms with E-state index < -0.39 is 6.10 Å². The lowest BCUT2D eigenvalue weighted by atomic mass is 9.75. The van der Waals surface area contributed by atoms with Gasteiger partial charge in [0.2, 0.25) is 0 Å². The lowest BCUT2D eigenvalue weighted by Crippen LogP contribution is -2.24. The molecule has 2 N–H and O–H groups in total. The van der Waals surface area contributed by atoms with E-state index in [-0.39, 0.29) is 17.1 Å². The van der Waals surface area contributed by atoms with E-state index in [1.807, 2.05) is 25.1 Å². The van der Waals surface area contributed by atoms with Crippen LogP contribution in [0.1, 0.15) is 60.7 Å². The Morgan fingerprint density at radius 3 is 2.71 bits per heavy atom. The van der Waals surface area contributed by atoms with Gasteiger partial charge >= 0.3 is 0 Å². The van der Waals surface area contributed by atoms with Crippen molar-refractivity contribution >= 4 is 33.4 Å². The Morgan fingerprint density at radius 1 is 1.19 bits per heavy atom. The number of carbonyl (C=O) groups excluding carboxylic acids is 1. The number of amides is 1. The average Bonchev–Trinajstić information content (AvgIpc) is 3.21. The minimum Gasteiger partial charge on any atom is -0.455 e. The fraction of sp³-hybridized carbons (Fsp3) is 0.346. The number of hydrogen-bond donors (Lipinski definition) is 2. The molecule has 1 aliphatic rings. The molecule has 1 atom stereocenters. The summed E-state index contributed by atoms with van der Waals surface area (Å²) in [5.74, 6) is 0.737. The lowest BCUT2D eigenvalue weighted by Gasteiger charge is -2.31. The second-order valence-electron chi connectivity index (χ2n) is 9.40. The van der Waals surface area contributed by atoms with Crippen molar-refractivity contribution in [3.63, 3.8) is 0 Å². The van der Waals surface area contributed by atoms with E-state index >= 15 is 0 Å². The Hall–Kier alpha value is -3.05. The van der Waals surface area contributed by atoms with Gasteiger partial charge in [-0.2, -0.15) is 0 Å². The third kappa shape index (κ3) is 3.15. The van der Waals surface area contributed by atoms with E-state index in [1.165, 1.54) is 16.3 Å². The van der Waals surface area contributed by atoms with Crippen LogP contribution in [-0.2, 0) is 13.0 Å². The second-order valence-corrected chi connectivity index (χ2v) is 9.40. The van der Waals surface area contributed by atoms with E-state index in [9.17, 15) is 9.90 Å². The number of nitrogens with zero attached hydrogens (tertiary/aromatic N) is 1. The smallest absolute Gasteiger partial charge is 0.291 e. The van der Waals surface area contributed by atoms with E-state index in [0.29, 0.717) is 6.42 Å². The summed E-state index contributed by atoms with van der Waals surface area (Å²) in [7, 11) is 0. The first-order chi connectivity index (χ1) is 14.8. The number of para-hydroxylation sites is 1. The summed E-state index contributed by atoms with van der Waals surface area (Å²) in [4.78, 5) is 13.1. The predicted octanol–water partition coefficient (Wildman–Crippen LogP) is 5.97. The molecule has 31 heavy (non-hydrogen) atoms. The molecule has 0 saturated heterocycles. The number of aromatic nitrogens is 1. The minimum atomic E-state index is -0.597. The maximum absolute atomic E-state index is 13.1. The van der Waals surface area contributed by atoms with Gasteiger partial charge < -0.3 is 19.4 Å². The standard InChI is InChI=1S/C26H28N2O3/c1-5-28-19-9-7-6-8-17(19)18-11-10-16(12-20(18)28)27-25(30)24-15(2)23-21(29)13-26(3,4)14-22(23)31-24/h6-12,21,29H,5,13-14H2,1-4H3,(H,27,30). The highest BCUT2D eigenvalue weighted by Gasteiger charge is 2.37. The van der Waals surface area contributed by atoms with Crippen LogP contribution in [0.4, 0.5) is 5.69 Å². The molecule has 160 valence electrons. The fourth-order valence-electron chi connectivity index (χ4n) is 5.16. The van der Waals surface area contributed by atoms with Gasteiger partial charge in [0.25, 0.3) is 5.91 Å². The molecule has 0 aliphatic heterocycles. The quantitative estimate of drug-likeness (QED) is 0.432. The molecule has 5 heteroatoms. The van der Waals surface area contributed by atoms with Crippen LogP contribution >= 0.6 is 0 Å². The summed E-state index contributed by atoms with van der Waals surface area (Å²) in [6.45, 7) is 9.05. The third-order valence-corrected chi connectivity index (χ3v) is 6.54. The first kappa shape index (κ1) is 19.9. The number of aryl methyl sites for hydroxylation is 1. The van der Waals surface area contributed by atoms with E-state index in [4.69, 9.17) is 4.42 Å². The van der Waals surface area contributed by atoms with Gasteiger partial charge in [-0.15, -0.1) is 0 Å². The summed E-state index contributed by atoms with van der Waals surface area (Å²) >= 11 is 0. The minimum absolute atomic E-state index is 0.0525. The van der Waals surface area contributed by atoms with Crippen LogP contribution in [0, 0.1) is 12.3 Å². The molecule has 0 fully saturated rings. The summed E-state index contributed by atoms with van der Waals surface area (Å²) < 4.78 is 8.24. The molecular weight excluding hydrogens is 388 g/mol. The van der Waals surface area contributed by atoms with Crippen LogP contribution < -0.4 is 5.32 Å². The molecule has 0 spiro atoms. The van der Waals surface area contributed by atoms with Crippen molar-refractivity contribution in [3.8, 4) is 0 Å². The third-order valence-electron chi connectivity index (χ3n) is 6.54. The first-order valence-corrected chi connectivity index (χ1v) is 10.9. The number of benzene rings is 2. The van der Waals surface area contributed by atoms with Crippen LogP contribution in [0.15, 0.2) is 46.9 Å². The Kier molecular flexibility index (Phi) is 4.48. The summed E-state index contributed by atoms with van der Waals surface area (Å²) in [5, 5.41) is 16.0. The molecule has 0 saturated carbocycles. The normalized spacial score (nSPS) is 17.8. The highest BCUT2D eigenvalue weighted by atomic mass is 16.4. The molecule has 0 bridgehead atoms. The number of carbonyl (C=O) groups is 1. The van der Waals surface area contributed by atoms with Crippen molar-refractivity contribution < 1.29 is 14.3 Å². The van der Waals surface area contributed by atoms with Crippen molar-refractivity contribution in [2.24, 2.45) is 5.41 Å². The van der Waals surface area contributed by atoms with E-state index in [2.05, 4.69) is 54.9 Å². The van der Waals surface area contributed by atoms with Crippen LogP contribution in [0.5, 0.6) is 0 Å². The van der Waals surface area contributed by atoms with Gasteiger partial charge in [-0.1, -0.05) is 38.1 Å². The second kappa shape index (κ2) is 6.99. The number of aliphatic hydroxyl groups excluding tert-OH is 1. The number of aliphatic hydroxyl groups is 1. The Labute approximate surface area is 181 Å². The van der Waals surface area contributed by atoms with Gasteiger partial charge in [0.05, 0.1) is 11.6 Å². The molecule has 0 radical (unpaired) electrons. The van der Waals surface area contributed by atoms with Crippen molar-refractivity contribution in [2.45, 2.75) is 53.2 Å². The Bertz CT molecular complexity index is 1330. The molecule has 5 rings (SSSR count). The van der Waals surface area contributed by atoms with E-state index in [0.717, 1.165) is 41.1 Å². The summed E-state index contributed by atoms with van der Waals surface area (Å²) in [5.41, 5.74) is 4.47. The zero-order valence-corrected chi connectivity index (χ0v) is 18.5. The molecular formula is C26H28N2O3. The zero-order valence-electron chi connectivity index (χ0n) is 18.5. The number of nitrogens with one attached hydrogen (secondary N) is 1. The van der Waals surface area contributed by atoms with Crippen molar-refractivity contribution in [2.75, 3.05) is 5.32 Å². The zero-order chi connectivity index (χ0) is 21.9. The average molecular weight is 417 g/mol. The molecule has 5 nitrogen and oxygen atoms in total. The van der Waals surface area contributed by atoms with Crippen molar-refractivity contribution in [3.05, 3.63) is 65.1 Å². The van der Waals surface area contributed by atoms with Gasteiger partial charge in [-0.3, -0.25) is 4.79 Å². The van der Waals surface area contributed by atoms with Gasteiger partial charge in [0, 0.05) is 46.1 Å². The largest absolute Gasteiger partial charge is 0.455 e. The molecule has 2 heterocycles. The summed E-state index contributed by atoms with van der Waals surface area (Å²) in [6.07, 6.45) is 0.788. The lowest BCUT2D eigenvalue weighted by molar-refractivity contribution is 0.0910. The SMILES string of the molecule is CCn1c2ccccc2c2ccc(NC(=O)c3oc4c(c3C)C(O)CC(C)(C)C4)cc21. The van der Waals surface area contributed by atoms with Gasteiger partial charge in [-0.25, -0.2) is 0 Å². The van der Waals surface area contributed by atoms with E-state index in [1.54, 1.807) is 0 Å². The highest BCUT2D eigenvalue weighted by molar-refractivity contribution is 6.10. The number of hydrogen-bond acceptors (Lipinski definition) is 3. The predicted molar refractivity (Wildman–Crippen MR) is 124 cm³/mol. The van der Waals surface area contributed by atoms with Crippen LogP contribution in [0.2, 0.25) is 0 Å². The van der Waals surface area contributed by atoms with Crippen LogP contribution in [0.25, 0.3) is 21.8 Å². The molecule has 2 aromatic heterocycles. The highest BCUT2D eigenvalue weighted by Crippen LogP contribution is 2.44. The molecule has 1 aliphatic carbocycles. The Balaban J connectivity index is 1.51. The molecule has 1 unspecified atom stereocenters. The topological polar surface area (TPSA) is 67.4 Å². The van der Waals surface area contributed by atoms with Crippen LogP contribution in [0.3, 0.4) is 0 Å². The van der Waals surface area contributed by atoms with Gasteiger partial charge in [0.15, 0.2) is 5.76 Å². The number of rotatable bonds is 3. The maximum Gasteiger partial charge on any atom is 0.291 e. The van der Waals surface area contributed by atoms with Crippen molar-refractivity contribution in [1.82, 2.24) is 4.57 Å². The van der Waals surface area contributed by atoms with Crippen LogP contribution in [-0.4, -0.2) is 15.6 Å². The van der Waals surface area contributed by atoms with Gasteiger partial charge in [-0.05, 0) is 43.9 Å². The molecule has 2 aromatic carbocycles. The number of fused-ring (bicyclic) bond motifs is 4. The number of furan rings is 1. The van der Waals surface area contributed by atoms with Crippen molar-refractivity contribution in [1.29, 1.82) is 0 Å². The first-order valence-electron chi connectivity index (χ1n) is 10.9. The summed E-state index contributed by atoms with van der Waals surface area (Å²) in [6, 6.07) is 14.4. The van der Waals surface area contributed by atoms with Gasteiger partial charge in [0.1, 0.15) is 5.76 Å².